The molecular formula is C54H54O10S. The summed E-state index contributed by atoms with van der Waals surface area (Å²) in [6.45, 7) is 3.51. The zero-order valence-corrected chi connectivity index (χ0v) is 37.0. The van der Waals surface area contributed by atoms with Crippen LogP contribution >= 0.6 is 11.8 Å². The van der Waals surface area contributed by atoms with E-state index in [4.69, 9.17) is 47.4 Å². The van der Waals surface area contributed by atoms with Crippen LogP contribution in [0.3, 0.4) is 0 Å². The van der Waals surface area contributed by atoms with Crippen molar-refractivity contribution in [2.45, 2.75) is 105 Å². The first-order chi connectivity index (χ1) is 32.1. The highest BCUT2D eigenvalue weighted by Gasteiger charge is 2.57. The van der Waals surface area contributed by atoms with Gasteiger partial charge in [-0.15, -0.1) is 0 Å². The van der Waals surface area contributed by atoms with Crippen LogP contribution in [0.15, 0.2) is 181 Å². The Kier molecular flexibility index (Phi) is 14.4. The Labute approximate surface area is 385 Å². The summed E-state index contributed by atoms with van der Waals surface area (Å²) < 4.78 is 69.1. The number of hydrogen-bond donors (Lipinski definition) is 0. The predicted octanol–water partition coefficient (Wildman–Crippen LogP) is 9.91. The minimum atomic E-state index is -0.986. The summed E-state index contributed by atoms with van der Waals surface area (Å²) in [6, 6.07) is 58.6. The van der Waals surface area contributed by atoms with Crippen molar-refractivity contribution in [1.29, 1.82) is 0 Å². The van der Waals surface area contributed by atoms with Gasteiger partial charge in [-0.25, -0.2) is 0 Å². The van der Waals surface area contributed by atoms with Crippen molar-refractivity contribution in [2.24, 2.45) is 0 Å². The second kappa shape index (κ2) is 21.3. The average molecular weight is 895 g/mol. The van der Waals surface area contributed by atoms with Crippen molar-refractivity contribution in [3.63, 3.8) is 0 Å². The van der Waals surface area contributed by atoms with E-state index in [1.54, 1.807) is 11.8 Å². The molecule has 4 heterocycles. The third-order valence-electron chi connectivity index (χ3n) is 12.1. The van der Waals surface area contributed by atoms with Crippen LogP contribution in [-0.4, -0.2) is 73.8 Å². The number of aryl methyl sites for hydroxylation is 1. The lowest BCUT2D eigenvalue weighted by molar-refractivity contribution is -0.393. The molecule has 336 valence electrons. The van der Waals surface area contributed by atoms with E-state index in [0.29, 0.717) is 19.8 Å². The topological polar surface area (TPSA) is 92.3 Å². The Bertz CT molecular complexity index is 2350. The fraction of sp³-hybridized carbons (Fsp3) is 0.333. The third kappa shape index (κ3) is 10.8. The van der Waals surface area contributed by atoms with E-state index in [1.165, 1.54) is 0 Å². The van der Waals surface area contributed by atoms with Gasteiger partial charge in [0.05, 0.1) is 33.0 Å². The minimum Gasteiger partial charge on any atom is -0.368 e. The minimum absolute atomic E-state index is 0.237. The van der Waals surface area contributed by atoms with Gasteiger partial charge in [-0.3, -0.25) is 0 Å². The van der Waals surface area contributed by atoms with Crippen molar-refractivity contribution in [2.75, 3.05) is 13.2 Å². The van der Waals surface area contributed by atoms with E-state index in [9.17, 15) is 0 Å². The number of ether oxygens (including phenoxy) is 10. The highest BCUT2D eigenvalue weighted by atomic mass is 32.2. The second-order valence-electron chi connectivity index (χ2n) is 16.8. The summed E-state index contributed by atoms with van der Waals surface area (Å²) in [5, 5.41) is 0. The molecular weight excluding hydrogens is 841 g/mol. The van der Waals surface area contributed by atoms with Gasteiger partial charge in [-0.2, -0.15) is 0 Å². The molecule has 0 aliphatic carbocycles. The van der Waals surface area contributed by atoms with Gasteiger partial charge >= 0.3 is 0 Å². The largest absolute Gasteiger partial charge is 0.368 e. The molecule has 10 nitrogen and oxygen atoms in total. The summed E-state index contributed by atoms with van der Waals surface area (Å²) in [6.07, 6.45) is -7.24. The van der Waals surface area contributed by atoms with Crippen LogP contribution in [0, 0.1) is 6.92 Å². The van der Waals surface area contributed by atoms with Crippen LogP contribution in [0.4, 0.5) is 0 Å². The summed E-state index contributed by atoms with van der Waals surface area (Å²) in [5.41, 5.74) is 5.41. The molecule has 65 heavy (non-hydrogen) atoms. The van der Waals surface area contributed by atoms with Crippen LogP contribution in [0.2, 0.25) is 0 Å². The highest BCUT2D eigenvalue weighted by molar-refractivity contribution is 7.99. The van der Waals surface area contributed by atoms with E-state index >= 15 is 0 Å². The predicted molar refractivity (Wildman–Crippen MR) is 244 cm³/mol. The number of hydrogen-bond acceptors (Lipinski definition) is 11. The second-order valence-corrected chi connectivity index (χ2v) is 17.9. The van der Waals surface area contributed by atoms with E-state index in [0.717, 1.165) is 38.3 Å². The Morgan fingerprint density at radius 2 is 0.862 bits per heavy atom. The molecule has 0 spiro atoms. The van der Waals surface area contributed by atoms with Gasteiger partial charge in [0, 0.05) is 16.0 Å². The maximum Gasteiger partial charge on any atom is 0.187 e. The number of fused-ring (bicyclic) bond motifs is 2. The quantitative estimate of drug-likeness (QED) is 0.0987. The summed E-state index contributed by atoms with van der Waals surface area (Å²) in [4.78, 5) is 1.01. The Hall–Kier alpha value is -4.73. The Balaban J connectivity index is 1.03. The van der Waals surface area contributed by atoms with E-state index in [1.807, 2.05) is 127 Å². The SMILES string of the molecule is Cc1ccc(S[C@H]2O[C@@H]3CO[C@@H](c4ccccc4)O[C@H]3[C@H](OCc3ccccc3)[C@@H]2O[C@@H]2O[C@@H]3CO[C@@H](c4ccccc4)O[C@H]3[C@H](OCc3ccccc3)[C@@H]2OCc2ccccc2)cc1. The molecule has 0 radical (unpaired) electrons. The normalized spacial score (nSPS) is 29.9. The van der Waals surface area contributed by atoms with Gasteiger partial charge in [0.1, 0.15) is 54.3 Å². The molecule has 4 aliphatic rings. The summed E-state index contributed by atoms with van der Waals surface area (Å²) in [5.74, 6) is 0. The van der Waals surface area contributed by atoms with Crippen molar-refractivity contribution in [3.05, 3.63) is 209 Å². The monoisotopic (exact) mass is 894 g/mol. The molecule has 12 atom stereocenters. The van der Waals surface area contributed by atoms with Crippen molar-refractivity contribution in [1.82, 2.24) is 0 Å². The first-order valence-electron chi connectivity index (χ1n) is 22.4. The third-order valence-corrected chi connectivity index (χ3v) is 13.3. The van der Waals surface area contributed by atoms with Gasteiger partial charge in [0.2, 0.25) is 0 Å². The molecule has 6 aromatic rings. The molecule has 10 rings (SSSR count). The van der Waals surface area contributed by atoms with E-state index in [-0.39, 0.29) is 13.2 Å². The smallest absolute Gasteiger partial charge is 0.187 e. The number of rotatable bonds is 15. The molecule has 4 aliphatic heterocycles. The van der Waals surface area contributed by atoms with E-state index < -0.39 is 73.1 Å². The van der Waals surface area contributed by atoms with Crippen LogP contribution in [0.25, 0.3) is 0 Å². The highest BCUT2D eigenvalue weighted by Crippen LogP contribution is 2.44. The average Bonchev–Trinajstić information content (AvgIpc) is 3.37. The lowest BCUT2D eigenvalue weighted by Crippen LogP contribution is -2.67. The lowest BCUT2D eigenvalue weighted by atomic mass is 9.95. The number of benzene rings is 6. The van der Waals surface area contributed by atoms with Gasteiger partial charge in [0.25, 0.3) is 0 Å². The lowest BCUT2D eigenvalue weighted by Gasteiger charge is -2.52. The number of thioether (sulfide) groups is 1. The van der Waals surface area contributed by atoms with Gasteiger partial charge in [0.15, 0.2) is 18.9 Å². The van der Waals surface area contributed by atoms with Crippen molar-refractivity contribution >= 4 is 11.8 Å². The Morgan fingerprint density at radius 1 is 0.446 bits per heavy atom. The van der Waals surface area contributed by atoms with Gasteiger partial charge in [-0.05, 0) is 35.7 Å². The van der Waals surface area contributed by atoms with E-state index in [2.05, 4.69) is 55.5 Å². The van der Waals surface area contributed by atoms with Crippen LogP contribution < -0.4 is 0 Å². The van der Waals surface area contributed by atoms with Gasteiger partial charge < -0.3 is 47.4 Å². The Morgan fingerprint density at radius 3 is 1.34 bits per heavy atom. The first-order valence-corrected chi connectivity index (χ1v) is 23.3. The molecule has 0 unspecified atom stereocenters. The van der Waals surface area contributed by atoms with Crippen molar-refractivity contribution in [3.8, 4) is 0 Å². The van der Waals surface area contributed by atoms with Gasteiger partial charge in [-0.1, -0.05) is 181 Å². The molecule has 6 aromatic carbocycles. The van der Waals surface area contributed by atoms with Crippen LogP contribution in [0.1, 0.15) is 46.0 Å². The maximum atomic E-state index is 7.45. The summed E-state index contributed by atoms with van der Waals surface area (Å²) in [7, 11) is 0. The zero-order chi connectivity index (χ0) is 43.8. The van der Waals surface area contributed by atoms with Crippen LogP contribution in [0.5, 0.6) is 0 Å². The molecule has 4 saturated heterocycles. The molecule has 4 fully saturated rings. The molecule has 11 heteroatoms. The summed E-state index contributed by atoms with van der Waals surface area (Å²) >= 11 is 1.57. The maximum absolute atomic E-state index is 7.45. The standard InChI is InChI=1S/C54H54O10S/c1-36-27-29-42(30-28-36)65-54-50(48(56-32-38-19-9-3-10-20-38)46-44(61-54)35-59-52(63-46)41-25-15-6-16-26-41)64-53-49(57-33-39-21-11-4-12-22-39)47(55-31-37-17-7-2-8-18-37)45-43(60-53)34-58-51(62-45)40-23-13-5-14-24-40/h2-30,43-54H,31-35H2,1H3/t43-,44-,45-,46-,47+,48+,49+,50+,51-,52-,53+,54-/m1/s1. The van der Waals surface area contributed by atoms with Crippen LogP contribution in [-0.2, 0) is 67.2 Å². The first kappa shape index (κ1) is 44.1. The molecule has 0 N–H and O–H groups in total. The fourth-order valence-corrected chi connectivity index (χ4v) is 9.88. The molecule has 0 amide bonds. The molecule has 0 bridgehead atoms. The zero-order valence-electron chi connectivity index (χ0n) is 36.2. The fourth-order valence-electron chi connectivity index (χ4n) is 8.76. The molecule has 0 saturated carbocycles. The van der Waals surface area contributed by atoms with Crippen molar-refractivity contribution < 1.29 is 47.4 Å². The molecule has 0 aromatic heterocycles.